The summed E-state index contributed by atoms with van der Waals surface area (Å²) in [6.07, 6.45) is 12.5. The van der Waals surface area contributed by atoms with Gasteiger partial charge >= 0.3 is 0 Å². The van der Waals surface area contributed by atoms with E-state index in [1.165, 1.54) is 38.5 Å². The molecule has 0 bridgehead atoms. The molecule has 2 nitrogen and oxygen atoms in total. The molecule has 1 unspecified atom stereocenters. The predicted molar refractivity (Wildman–Crippen MR) is 85.9 cm³/mol. The molecule has 2 heteroatoms. The van der Waals surface area contributed by atoms with Crippen molar-refractivity contribution in [2.75, 3.05) is 0 Å². The Morgan fingerprint density at radius 1 is 0.800 bits per heavy atom. The molecular formula is C18H34O2. The minimum atomic E-state index is 0.139. The summed E-state index contributed by atoms with van der Waals surface area (Å²) in [6.45, 7) is 6.14. The number of Topliss-reactive ketones (excluding diaryl/α,β-unsaturated/α-hetero) is 2. The monoisotopic (exact) mass is 282 g/mol. The lowest BCUT2D eigenvalue weighted by Gasteiger charge is -2.09. The number of hydrogen-bond donors (Lipinski definition) is 0. The Bertz CT molecular complexity index is 258. The van der Waals surface area contributed by atoms with Gasteiger partial charge in [0.2, 0.25) is 0 Å². The second kappa shape index (κ2) is 13.3. The number of unbranched alkanes of at least 4 members (excludes halogenated alkanes) is 6. The van der Waals surface area contributed by atoms with Gasteiger partial charge in [0.05, 0.1) is 0 Å². The molecule has 0 fully saturated rings. The van der Waals surface area contributed by atoms with Gasteiger partial charge in [0.1, 0.15) is 11.6 Å². The zero-order valence-corrected chi connectivity index (χ0v) is 13.9. The average molecular weight is 282 g/mol. The molecule has 0 amide bonds. The average Bonchev–Trinajstić information content (AvgIpc) is 2.45. The highest BCUT2D eigenvalue weighted by Gasteiger charge is 2.12. The fourth-order valence-corrected chi connectivity index (χ4v) is 2.45. The quantitative estimate of drug-likeness (QED) is 0.395. The van der Waals surface area contributed by atoms with E-state index in [1.54, 1.807) is 0 Å². The van der Waals surface area contributed by atoms with Gasteiger partial charge in [-0.15, -0.1) is 0 Å². The Morgan fingerprint density at radius 3 is 2.00 bits per heavy atom. The second-order valence-corrected chi connectivity index (χ2v) is 6.02. The van der Waals surface area contributed by atoms with E-state index in [-0.39, 0.29) is 5.92 Å². The van der Waals surface area contributed by atoms with Gasteiger partial charge in [0.25, 0.3) is 0 Å². The van der Waals surface area contributed by atoms with Crippen molar-refractivity contribution in [1.29, 1.82) is 0 Å². The lowest BCUT2D eigenvalue weighted by Crippen LogP contribution is -2.11. The number of hydrogen-bond acceptors (Lipinski definition) is 2. The van der Waals surface area contributed by atoms with E-state index in [0.717, 1.165) is 25.7 Å². The van der Waals surface area contributed by atoms with Gasteiger partial charge in [0.15, 0.2) is 0 Å². The van der Waals surface area contributed by atoms with Crippen LogP contribution in [0.4, 0.5) is 0 Å². The number of ketones is 2. The Balaban J connectivity index is 3.48. The molecule has 0 aromatic rings. The summed E-state index contributed by atoms with van der Waals surface area (Å²) in [7, 11) is 0. The van der Waals surface area contributed by atoms with Crippen LogP contribution in [-0.2, 0) is 9.59 Å². The van der Waals surface area contributed by atoms with Crippen molar-refractivity contribution in [1.82, 2.24) is 0 Å². The Labute approximate surface area is 125 Å². The van der Waals surface area contributed by atoms with Crippen molar-refractivity contribution in [2.45, 2.75) is 97.8 Å². The molecule has 0 aromatic carbocycles. The van der Waals surface area contributed by atoms with Crippen LogP contribution in [-0.4, -0.2) is 11.6 Å². The first kappa shape index (κ1) is 19.3. The van der Waals surface area contributed by atoms with Crippen LogP contribution < -0.4 is 0 Å². The zero-order valence-electron chi connectivity index (χ0n) is 13.9. The molecule has 0 rings (SSSR count). The molecule has 0 radical (unpaired) electrons. The number of carbonyl (C=O) groups is 2. The highest BCUT2D eigenvalue weighted by Crippen LogP contribution is 2.15. The van der Waals surface area contributed by atoms with Crippen LogP contribution in [0, 0.1) is 5.92 Å². The van der Waals surface area contributed by atoms with Crippen molar-refractivity contribution in [3.05, 3.63) is 0 Å². The summed E-state index contributed by atoms with van der Waals surface area (Å²) in [5.41, 5.74) is 0. The summed E-state index contributed by atoms with van der Waals surface area (Å²) in [5, 5.41) is 0. The SMILES string of the molecule is CCCCCCCCCC(=O)C(C)CCCC(=O)CC. The molecule has 0 aliphatic carbocycles. The molecule has 1 atom stereocenters. The first-order valence-electron chi connectivity index (χ1n) is 8.66. The maximum absolute atomic E-state index is 11.9. The molecule has 20 heavy (non-hydrogen) atoms. The molecule has 0 saturated heterocycles. The van der Waals surface area contributed by atoms with Crippen LogP contribution in [0.25, 0.3) is 0 Å². The van der Waals surface area contributed by atoms with E-state index in [4.69, 9.17) is 0 Å². The fourth-order valence-electron chi connectivity index (χ4n) is 2.45. The van der Waals surface area contributed by atoms with E-state index in [2.05, 4.69) is 6.92 Å². The van der Waals surface area contributed by atoms with Crippen molar-refractivity contribution in [3.63, 3.8) is 0 Å². The summed E-state index contributed by atoms with van der Waals surface area (Å²) in [4.78, 5) is 23.1. The normalized spacial score (nSPS) is 12.3. The smallest absolute Gasteiger partial charge is 0.135 e. The third-order valence-corrected chi connectivity index (χ3v) is 4.06. The van der Waals surface area contributed by atoms with E-state index < -0.39 is 0 Å². The van der Waals surface area contributed by atoms with Crippen LogP contribution in [0.15, 0.2) is 0 Å². The van der Waals surface area contributed by atoms with Crippen LogP contribution in [0.2, 0.25) is 0 Å². The molecule has 0 saturated carbocycles. The van der Waals surface area contributed by atoms with E-state index >= 15 is 0 Å². The largest absolute Gasteiger partial charge is 0.300 e. The van der Waals surface area contributed by atoms with Crippen molar-refractivity contribution in [2.24, 2.45) is 5.92 Å². The second-order valence-electron chi connectivity index (χ2n) is 6.02. The maximum Gasteiger partial charge on any atom is 0.135 e. The summed E-state index contributed by atoms with van der Waals surface area (Å²) < 4.78 is 0. The number of rotatable bonds is 14. The van der Waals surface area contributed by atoms with Crippen molar-refractivity contribution >= 4 is 11.6 Å². The summed E-state index contributed by atoms with van der Waals surface area (Å²) >= 11 is 0. The Kier molecular flexibility index (Phi) is 12.9. The van der Waals surface area contributed by atoms with Gasteiger partial charge in [-0.05, 0) is 19.3 Å². The third kappa shape index (κ3) is 11.2. The Morgan fingerprint density at radius 2 is 1.40 bits per heavy atom. The highest BCUT2D eigenvalue weighted by atomic mass is 16.1. The molecule has 0 spiro atoms. The van der Waals surface area contributed by atoms with Gasteiger partial charge in [0, 0.05) is 25.2 Å². The topological polar surface area (TPSA) is 34.1 Å². The van der Waals surface area contributed by atoms with Crippen molar-refractivity contribution in [3.8, 4) is 0 Å². The minimum Gasteiger partial charge on any atom is -0.300 e. The predicted octanol–water partition coefficient (Wildman–Crippen LogP) is 5.48. The molecule has 0 heterocycles. The number of carbonyl (C=O) groups excluding carboxylic acids is 2. The fraction of sp³-hybridized carbons (Fsp3) is 0.889. The zero-order chi connectivity index (χ0) is 15.2. The molecule has 0 aliphatic heterocycles. The minimum absolute atomic E-state index is 0.139. The molecule has 0 aliphatic rings. The van der Waals surface area contributed by atoms with Crippen LogP contribution in [0.1, 0.15) is 97.8 Å². The van der Waals surface area contributed by atoms with Crippen molar-refractivity contribution < 1.29 is 9.59 Å². The molecular weight excluding hydrogens is 248 g/mol. The first-order valence-corrected chi connectivity index (χ1v) is 8.66. The van der Waals surface area contributed by atoms with E-state index in [9.17, 15) is 9.59 Å². The lowest BCUT2D eigenvalue weighted by molar-refractivity contribution is -0.123. The first-order chi connectivity index (χ1) is 9.61. The van der Waals surface area contributed by atoms with Gasteiger partial charge in [-0.2, -0.15) is 0 Å². The molecule has 0 N–H and O–H groups in total. The van der Waals surface area contributed by atoms with Gasteiger partial charge < -0.3 is 0 Å². The highest BCUT2D eigenvalue weighted by molar-refractivity contribution is 5.81. The van der Waals surface area contributed by atoms with Gasteiger partial charge in [-0.3, -0.25) is 9.59 Å². The van der Waals surface area contributed by atoms with Gasteiger partial charge in [-0.1, -0.05) is 59.3 Å². The summed E-state index contributed by atoms with van der Waals surface area (Å²) in [6, 6.07) is 0. The third-order valence-electron chi connectivity index (χ3n) is 4.06. The Hall–Kier alpha value is -0.660. The van der Waals surface area contributed by atoms with Crippen LogP contribution in [0.5, 0.6) is 0 Å². The van der Waals surface area contributed by atoms with E-state index in [1.807, 2.05) is 13.8 Å². The summed E-state index contributed by atoms with van der Waals surface area (Å²) in [5.74, 6) is 0.846. The van der Waals surface area contributed by atoms with Gasteiger partial charge in [-0.25, -0.2) is 0 Å². The lowest BCUT2D eigenvalue weighted by atomic mass is 9.94. The van der Waals surface area contributed by atoms with Crippen LogP contribution in [0.3, 0.4) is 0 Å². The van der Waals surface area contributed by atoms with Crippen LogP contribution >= 0.6 is 0 Å². The molecule has 0 aromatic heterocycles. The maximum atomic E-state index is 11.9. The molecule has 118 valence electrons. The van der Waals surface area contributed by atoms with E-state index in [0.29, 0.717) is 24.4 Å². The standard InChI is InChI=1S/C18H34O2/c1-4-6-7-8-9-10-11-15-18(20)16(3)13-12-14-17(19)5-2/h16H,4-15H2,1-3H3.